The van der Waals surface area contributed by atoms with Gasteiger partial charge >= 0.3 is 0 Å². The zero-order valence-electron chi connectivity index (χ0n) is 8.19. The van der Waals surface area contributed by atoms with Gasteiger partial charge in [-0.25, -0.2) is 0 Å². The summed E-state index contributed by atoms with van der Waals surface area (Å²) in [4.78, 5) is 0. The number of unbranched alkanes of at least 4 members (excludes halogenated alkanes) is 2. The Morgan fingerprint density at radius 1 is 1.42 bits per heavy atom. The molecule has 0 saturated carbocycles. The predicted octanol–water partition coefficient (Wildman–Crippen LogP) is 1.81. The molecule has 0 aromatic carbocycles. The van der Waals surface area contributed by atoms with Gasteiger partial charge in [-0.05, 0) is 13.3 Å². The molecule has 3 N–H and O–H groups in total. The van der Waals surface area contributed by atoms with Crippen molar-refractivity contribution in [3.8, 4) is 11.8 Å². The van der Waals surface area contributed by atoms with Crippen LogP contribution in [0.2, 0.25) is 0 Å². The first-order valence-corrected chi connectivity index (χ1v) is 4.70. The molecular weight excluding hydrogens is 148 g/mol. The molecule has 0 aliphatic heterocycles. The minimum absolute atomic E-state index is 0.379. The van der Waals surface area contributed by atoms with Gasteiger partial charge in [0.05, 0.1) is 0 Å². The molecule has 0 aromatic rings. The summed E-state index contributed by atoms with van der Waals surface area (Å²) in [6.07, 6.45) is 5.81. The van der Waals surface area contributed by atoms with E-state index in [0.29, 0.717) is 6.04 Å². The van der Waals surface area contributed by atoms with E-state index in [1.54, 1.807) is 0 Å². The highest BCUT2D eigenvalue weighted by atomic mass is 15.2. The smallest absolute Gasteiger partial charge is 0.0319 e. The molecule has 0 aliphatic rings. The first-order valence-electron chi connectivity index (χ1n) is 4.70. The van der Waals surface area contributed by atoms with E-state index >= 15 is 0 Å². The molecule has 0 saturated heterocycles. The maximum absolute atomic E-state index is 5.38. The molecule has 0 spiro atoms. The molecule has 2 heteroatoms. The SMILES string of the molecule is CC#CCC(CCCCC)NN. The monoisotopic (exact) mass is 168 g/mol. The van der Waals surface area contributed by atoms with Crippen LogP contribution in [0.5, 0.6) is 0 Å². The Morgan fingerprint density at radius 2 is 2.17 bits per heavy atom. The number of nitrogens with two attached hydrogens (primary N) is 1. The summed E-state index contributed by atoms with van der Waals surface area (Å²) in [5.74, 6) is 11.3. The van der Waals surface area contributed by atoms with Crippen molar-refractivity contribution in [3.63, 3.8) is 0 Å². The summed E-state index contributed by atoms with van der Waals surface area (Å²) >= 11 is 0. The second-order valence-corrected chi connectivity index (χ2v) is 2.99. The highest BCUT2D eigenvalue weighted by Gasteiger charge is 2.02. The van der Waals surface area contributed by atoms with Crippen LogP contribution in [0.1, 0.15) is 46.0 Å². The lowest BCUT2D eigenvalue weighted by Crippen LogP contribution is -2.34. The van der Waals surface area contributed by atoms with Crippen molar-refractivity contribution >= 4 is 0 Å². The molecule has 12 heavy (non-hydrogen) atoms. The molecule has 0 heterocycles. The minimum atomic E-state index is 0.379. The topological polar surface area (TPSA) is 38.0 Å². The highest BCUT2D eigenvalue weighted by Crippen LogP contribution is 2.04. The lowest BCUT2D eigenvalue weighted by molar-refractivity contribution is 0.477. The van der Waals surface area contributed by atoms with Crippen molar-refractivity contribution in [1.29, 1.82) is 0 Å². The zero-order chi connectivity index (χ0) is 9.23. The summed E-state index contributed by atoms with van der Waals surface area (Å²) < 4.78 is 0. The van der Waals surface area contributed by atoms with Gasteiger partial charge in [-0.1, -0.05) is 26.2 Å². The molecule has 1 unspecified atom stereocenters. The fraction of sp³-hybridized carbons (Fsp3) is 0.800. The van der Waals surface area contributed by atoms with Crippen molar-refractivity contribution in [3.05, 3.63) is 0 Å². The van der Waals surface area contributed by atoms with Gasteiger partial charge in [0, 0.05) is 12.5 Å². The van der Waals surface area contributed by atoms with Crippen LogP contribution in [-0.4, -0.2) is 6.04 Å². The van der Waals surface area contributed by atoms with Crippen LogP contribution in [0, 0.1) is 11.8 Å². The van der Waals surface area contributed by atoms with Crippen molar-refractivity contribution in [1.82, 2.24) is 5.43 Å². The van der Waals surface area contributed by atoms with Crippen LogP contribution in [0.25, 0.3) is 0 Å². The molecule has 1 atom stereocenters. The van der Waals surface area contributed by atoms with E-state index in [0.717, 1.165) is 12.8 Å². The Bertz CT molecular complexity index is 144. The van der Waals surface area contributed by atoms with Gasteiger partial charge in [-0.2, -0.15) is 0 Å². The molecule has 0 bridgehead atoms. The van der Waals surface area contributed by atoms with Crippen LogP contribution in [-0.2, 0) is 0 Å². The van der Waals surface area contributed by atoms with E-state index in [2.05, 4.69) is 24.2 Å². The number of rotatable bonds is 6. The fourth-order valence-electron chi connectivity index (χ4n) is 1.11. The molecular formula is C10H20N2. The van der Waals surface area contributed by atoms with E-state index in [4.69, 9.17) is 5.84 Å². The summed E-state index contributed by atoms with van der Waals surface area (Å²) in [6, 6.07) is 0.379. The normalized spacial score (nSPS) is 11.9. The van der Waals surface area contributed by atoms with Crippen LogP contribution in [0.3, 0.4) is 0 Å². The summed E-state index contributed by atoms with van der Waals surface area (Å²) in [5.41, 5.74) is 2.79. The second-order valence-electron chi connectivity index (χ2n) is 2.99. The minimum Gasteiger partial charge on any atom is -0.271 e. The highest BCUT2D eigenvalue weighted by molar-refractivity contribution is 4.97. The van der Waals surface area contributed by atoms with E-state index in [1.807, 2.05) is 6.92 Å². The quantitative estimate of drug-likeness (QED) is 0.275. The Balaban J connectivity index is 3.43. The number of hydrogen-bond acceptors (Lipinski definition) is 2. The maximum Gasteiger partial charge on any atom is 0.0319 e. The average Bonchev–Trinajstić information content (AvgIpc) is 2.11. The van der Waals surface area contributed by atoms with Crippen molar-refractivity contribution < 1.29 is 0 Å². The first-order chi connectivity index (χ1) is 5.85. The number of hydrogen-bond donors (Lipinski definition) is 2. The average molecular weight is 168 g/mol. The fourth-order valence-corrected chi connectivity index (χ4v) is 1.11. The van der Waals surface area contributed by atoms with E-state index in [-0.39, 0.29) is 0 Å². The van der Waals surface area contributed by atoms with Crippen LogP contribution >= 0.6 is 0 Å². The van der Waals surface area contributed by atoms with Crippen molar-refractivity contribution in [2.75, 3.05) is 0 Å². The Morgan fingerprint density at radius 3 is 2.67 bits per heavy atom. The van der Waals surface area contributed by atoms with E-state index in [1.165, 1.54) is 19.3 Å². The van der Waals surface area contributed by atoms with E-state index in [9.17, 15) is 0 Å². The molecule has 0 aliphatic carbocycles. The number of hydrazine groups is 1. The van der Waals surface area contributed by atoms with Gasteiger partial charge in [0.2, 0.25) is 0 Å². The predicted molar refractivity (Wildman–Crippen MR) is 53.3 cm³/mol. The third-order valence-corrected chi connectivity index (χ3v) is 1.92. The lowest BCUT2D eigenvalue weighted by atomic mass is 10.1. The molecule has 0 fully saturated rings. The van der Waals surface area contributed by atoms with Crippen LogP contribution < -0.4 is 11.3 Å². The molecule has 0 rings (SSSR count). The molecule has 2 nitrogen and oxygen atoms in total. The van der Waals surface area contributed by atoms with Crippen molar-refractivity contribution in [2.45, 2.75) is 52.0 Å². The third-order valence-electron chi connectivity index (χ3n) is 1.92. The van der Waals surface area contributed by atoms with Gasteiger partial charge in [0.25, 0.3) is 0 Å². The molecule has 70 valence electrons. The second kappa shape index (κ2) is 8.58. The summed E-state index contributed by atoms with van der Waals surface area (Å²) in [7, 11) is 0. The largest absolute Gasteiger partial charge is 0.271 e. The molecule has 0 radical (unpaired) electrons. The van der Waals surface area contributed by atoms with Gasteiger partial charge < -0.3 is 0 Å². The Labute approximate surface area is 75.9 Å². The van der Waals surface area contributed by atoms with Crippen LogP contribution in [0.4, 0.5) is 0 Å². The standard InChI is InChI=1S/C10H20N2/c1-3-5-7-9-10(12-11)8-6-4-2/h10,12H,3,5,7-9,11H2,1-2H3. The van der Waals surface area contributed by atoms with Gasteiger partial charge in [-0.15, -0.1) is 11.8 Å². The molecule has 0 amide bonds. The van der Waals surface area contributed by atoms with Gasteiger partial charge in [-0.3, -0.25) is 11.3 Å². The maximum atomic E-state index is 5.38. The summed E-state index contributed by atoms with van der Waals surface area (Å²) in [6.45, 7) is 4.07. The van der Waals surface area contributed by atoms with Gasteiger partial charge in [0.1, 0.15) is 0 Å². The first kappa shape index (κ1) is 11.5. The molecule has 0 aromatic heterocycles. The lowest BCUT2D eigenvalue weighted by Gasteiger charge is -2.11. The van der Waals surface area contributed by atoms with Crippen LogP contribution in [0.15, 0.2) is 0 Å². The number of nitrogens with one attached hydrogen (secondary N) is 1. The Kier molecular flexibility index (Phi) is 8.20. The van der Waals surface area contributed by atoms with E-state index < -0.39 is 0 Å². The third kappa shape index (κ3) is 6.21. The zero-order valence-corrected chi connectivity index (χ0v) is 8.19. The Hall–Kier alpha value is -0.520. The summed E-state index contributed by atoms with van der Waals surface area (Å²) in [5, 5.41) is 0. The van der Waals surface area contributed by atoms with Gasteiger partial charge in [0.15, 0.2) is 0 Å². The van der Waals surface area contributed by atoms with Crippen molar-refractivity contribution in [2.24, 2.45) is 5.84 Å².